The van der Waals surface area contributed by atoms with Crippen molar-refractivity contribution in [3.8, 4) is 5.75 Å². The molecule has 3 rings (SSSR count). The average molecular weight is 422 g/mol. The van der Waals surface area contributed by atoms with Crippen molar-refractivity contribution in [1.82, 2.24) is 4.98 Å². The Morgan fingerprint density at radius 1 is 1.10 bits per heavy atom. The average Bonchev–Trinajstić information content (AvgIpc) is 2.72. The maximum absolute atomic E-state index is 12.9. The lowest BCUT2D eigenvalue weighted by molar-refractivity contribution is -0.580. The quantitative estimate of drug-likeness (QED) is 0.257. The monoisotopic (exact) mass is 422 g/mol. The number of nitrogens with zero attached hydrogens (tertiary/aromatic N) is 2. The molecule has 0 bridgehead atoms. The minimum Gasteiger partial charge on any atom is -0.618 e. The van der Waals surface area contributed by atoms with E-state index < -0.39 is 11.8 Å². The first-order chi connectivity index (χ1) is 14.6. The molecule has 31 heavy (non-hydrogen) atoms. The summed E-state index contributed by atoms with van der Waals surface area (Å²) in [5.41, 5.74) is 1.99. The summed E-state index contributed by atoms with van der Waals surface area (Å²) < 4.78 is 11.3. The molecule has 162 valence electrons. The summed E-state index contributed by atoms with van der Waals surface area (Å²) in [7, 11) is 0. The first kappa shape index (κ1) is 22.2. The highest BCUT2D eigenvalue weighted by atomic mass is 16.5. The normalized spacial score (nSPS) is 11.4. The fourth-order valence-electron chi connectivity index (χ4n) is 3.22. The highest BCUT2D eigenvalue weighted by Crippen LogP contribution is 2.23. The van der Waals surface area contributed by atoms with Crippen molar-refractivity contribution in [2.24, 2.45) is 0 Å². The number of carbonyl (C=O) groups excluding carboxylic acids is 2. The van der Waals surface area contributed by atoms with Crippen LogP contribution in [0.5, 0.6) is 5.75 Å². The predicted molar refractivity (Wildman–Crippen MR) is 116 cm³/mol. The molecule has 0 unspecified atom stereocenters. The molecule has 0 aliphatic rings. The van der Waals surface area contributed by atoms with Crippen molar-refractivity contribution in [3.63, 3.8) is 0 Å². The van der Waals surface area contributed by atoms with Gasteiger partial charge in [0.05, 0.1) is 18.2 Å². The second kappa shape index (κ2) is 8.71. The van der Waals surface area contributed by atoms with E-state index in [1.807, 2.05) is 19.1 Å². The van der Waals surface area contributed by atoms with Crippen molar-refractivity contribution in [3.05, 3.63) is 70.2 Å². The number of hydrogen-bond acceptors (Lipinski definition) is 6. The zero-order chi connectivity index (χ0) is 22.8. The van der Waals surface area contributed by atoms with Gasteiger partial charge in [0.2, 0.25) is 11.3 Å². The highest BCUT2D eigenvalue weighted by Gasteiger charge is 2.25. The fraction of sp³-hybridized carbons (Fsp3) is 0.333. The van der Waals surface area contributed by atoms with Crippen LogP contribution in [-0.4, -0.2) is 23.3 Å². The lowest BCUT2D eigenvalue weighted by Crippen LogP contribution is -2.37. The molecule has 0 atom stereocenters. The maximum Gasteiger partial charge on any atom is 0.338 e. The number of Topliss-reactive ketones (excluding diaryl/α,β-unsaturated/α-hetero) is 1. The van der Waals surface area contributed by atoms with Crippen LogP contribution in [0.4, 0.5) is 0 Å². The van der Waals surface area contributed by atoms with Gasteiger partial charge in [0.15, 0.2) is 5.69 Å². The van der Waals surface area contributed by atoms with Crippen molar-refractivity contribution >= 4 is 22.8 Å². The summed E-state index contributed by atoms with van der Waals surface area (Å²) in [5.74, 6) is -0.512. The molecular weight excluding hydrogens is 396 g/mol. The number of carbonyl (C=O) groups is 2. The Labute approximate surface area is 181 Å². The van der Waals surface area contributed by atoms with Crippen LogP contribution in [0.15, 0.2) is 42.5 Å². The van der Waals surface area contributed by atoms with Crippen LogP contribution in [0.2, 0.25) is 0 Å². The lowest BCUT2D eigenvalue weighted by atomic mass is 9.87. The molecule has 1 aromatic heterocycles. The summed E-state index contributed by atoms with van der Waals surface area (Å²) in [6, 6.07) is 12.0. The minimum absolute atomic E-state index is 0.0301. The number of rotatable bonds is 6. The van der Waals surface area contributed by atoms with Crippen molar-refractivity contribution in [2.45, 2.75) is 46.6 Å². The minimum atomic E-state index is -0.555. The molecule has 0 amide bonds. The number of fused-ring (bicyclic) bond motifs is 1. The van der Waals surface area contributed by atoms with E-state index in [2.05, 4.69) is 25.8 Å². The van der Waals surface area contributed by atoms with Gasteiger partial charge in [-0.05, 0) is 42.2 Å². The summed E-state index contributed by atoms with van der Waals surface area (Å²) in [5, 5.41) is 12.9. The van der Waals surface area contributed by atoms with E-state index in [1.54, 1.807) is 24.3 Å². The molecule has 0 saturated heterocycles. The van der Waals surface area contributed by atoms with E-state index in [-0.39, 0.29) is 28.9 Å². The van der Waals surface area contributed by atoms with Crippen LogP contribution in [0.1, 0.15) is 66.7 Å². The number of ether oxygens (including phenoxy) is 2. The molecule has 0 aliphatic carbocycles. The SMILES string of the molecule is CCOc1ccc2nc(COC(=O)c3ccc(C(C)(C)C)cc3)c(C(C)=O)[n+]([O-])c2c1. The summed E-state index contributed by atoms with van der Waals surface area (Å²) in [6.45, 7) is 9.53. The molecular formula is C24H26N2O5. The summed E-state index contributed by atoms with van der Waals surface area (Å²) in [6.07, 6.45) is 0. The third kappa shape index (κ3) is 4.82. The third-order valence-corrected chi connectivity index (χ3v) is 4.87. The van der Waals surface area contributed by atoms with Gasteiger partial charge in [-0.15, -0.1) is 0 Å². The molecule has 1 heterocycles. The van der Waals surface area contributed by atoms with Crippen LogP contribution in [0, 0.1) is 5.21 Å². The van der Waals surface area contributed by atoms with Crippen molar-refractivity contribution < 1.29 is 23.8 Å². The van der Waals surface area contributed by atoms with Crippen LogP contribution in [0.25, 0.3) is 11.0 Å². The topological polar surface area (TPSA) is 92.4 Å². The maximum atomic E-state index is 12.9. The van der Waals surface area contributed by atoms with Gasteiger partial charge in [-0.3, -0.25) is 4.79 Å². The molecule has 0 aliphatic heterocycles. The van der Waals surface area contributed by atoms with E-state index in [9.17, 15) is 14.8 Å². The standard InChI is InChI=1S/C24H26N2O5/c1-6-30-18-11-12-19-21(13-18)26(29)22(15(2)27)20(25-19)14-31-23(28)16-7-9-17(10-8-16)24(3,4)5/h7-13H,6,14H2,1-5H3. The fourth-order valence-corrected chi connectivity index (χ4v) is 3.22. The Morgan fingerprint density at radius 3 is 2.35 bits per heavy atom. The van der Waals surface area contributed by atoms with Crippen LogP contribution in [-0.2, 0) is 16.8 Å². The number of aromatic nitrogens is 2. The Morgan fingerprint density at radius 2 is 1.77 bits per heavy atom. The van der Waals surface area contributed by atoms with Gasteiger partial charge in [0.25, 0.3) is 5.69 Å². The Kier molecular flexibility index (Phi) is 6.24. The molecule has 0 radical (unpaired) electrons. The van der Waals surface area contributed by atoms with E-state index in [4.69, 9.17) is 9.47 Å². The van der Waals surface area contributed by atoms with Gasteiger partial charge >= 0.3 is 5.97 Å². The summed E-state index contributed by atoms with van der Waals surface area (Å²) >= 11 is 0. The zero-order valence-corrected chi connectivity index (χ0v) is 18.4. The van der Waals surface area contributed by atoms with Gasteiger partial charge in [-0.2, -0.15) is 4.73 Å². The van der Waals surface area contributed by atoms with E-state index in [0.29, 0.717) is 28.2 Å². The van der Waals surface area contributed by atoms with Crippen LogP contribution >= 0.6 is 0 Å². The number of esters is 1. The van der Waals surface area contributed by atoms with E-state index in [1.165, 1.54) is 13.0 Å². The Bertz CT molecular complexity index is 1130. The van der Waals surface area contributed by atoms with Gasteiger partial charge in [0.1, 0.15) is 17.9 Å². The largest absolute Gasteiger partial charge is 0.618 e. The molecule has 7 heteroatoms. The smallest absolute Gasteiger partial charge is 0.338 e. The highest BCUT2D eigenvalue weighted by molar-refractivity contribution is 5.93. The summed E-state index contributed by atoms with van der Waals surface area (Å²) in [4.78, 5) is 29.0. The van der Waals surface area contributed by atoms with Gasteiger partial charge in [-0.25, -0.2) is 9.78 Å². The lowest BCUT2D eigenvalue weighted by Gasteiger charge is -2.18. The molecule has 7 nitrogen and oxygen atoms in total. The second-order valence-corrected chi connectivity index (χ2v) is 8.24. The van der Waals surface area contributed by atoms with Crippen LogP contribution < -0.4 is 9.47 Å². The predicted octanol–water partition coefficient (Wildman–Crippen LogP) is 4.12. The number of hydrogen-bond donors (Lipinski definition) is 0. The molecule has 3 aromatic rings. The second-order valence-electron chi connectivity index (χ2n) is 8.24. The van der Waals surface area contributed by atoms with Gasteiger partial charge in [0, 0.05) is 6.92 Å². The van der Waals surface area contributed by atoms with E-state index in [0.717, 1.165) is 5.56 Å². The Hall–Kier alpha value is -3.48. The van der Waals surface area contributed by atoms with Gasteiger partial charge < -0.3 is 14.7 Å². The molecule has 0 fully saturated rings. The first-order valence-electron chi connectivity index (χ1n) is 10.1. The molecule has 0 N–H and O–H groups in total. The molecule has 2 aromatic carbocycles. The van der Waals surface area contributed by atoms with Crippen molar-refractivity contribution in [2.75, 3.05) is 6.61 Å². The van der Waals surface area contributed by atoms with Gasteiger partial charge in [-0.1, -0.05) is 32.9 Å². The van der Waals surface area contributed by atoms with Crippen molar-refractivity contribution in [1.29, 1.82) is 0 Å². The third-order valence-electron chi connectivity index (χ3n) is 4.87. The molecule has 0 saturated carbocycles. The number of ketones is 1. The zero-order valence-electron chi connectivity index (χ0n) is 18.4. The molecule has 0 spiro atoms. The van der Waals surface area contributed by atoms with Crippen LogP contribution in [0.3, 0.4) is 0 Å². The first-order valence-corrected chi connectivity index (χ1v) is 10.1. The van der Waals surface area contributed by atoms with E-state index >= 15 is 0 Å². The Balaban J connectivity index is 1.88. The number of benzene rings is 2.